The summed E-state index contributed by atoms with van der Waals surface area (Å²) >= 11 is 0. The maximum absolute atomic E-state index is 13.7. The normalized spacial score (nSPS) is 15.8. The summed E-state index contributed by atoms with van der Waals surface area (Å²) in [7, 11) is 0. The molecule has 20 heavy (non-hydrogen) atoms. The second-order valence-electron chi connectivity index (χ2n) is 5.23. The molecule has 5 heteroatoms. The van der Waals surface area contributed by atoms with Crippen molar-refractivity contribution in [2.45, 2.75) is 18.5 Å². The van der Waals surface area contributed by atoms with Crippen LogP contribution in [0.5, 0.6) is 0 Å². The fourth-order valence-electron chi connectivity index (χ4n) is 2.87. The monoisotopic (exact) mass is 278 g/mol. The molecular formula is C15H13F3N2. The molecule has 4 N–H and O–H groups in total. The highest BCUT2D eigenvalue weighted by molar-refractivity contribution is 5.84. The van der Waals surface area contributed by atoms with Gasteiger partial charge in [-0.1, -0.05) is 12.1 Å². The van der Waals surface area contributed by atoms with Crippen molar-refractivity contribution < 1.29 is 13.2 Å². The molecule has 2 nitrogen and oxygen atoms in total. The Morgan fingerprint density at radius 2 is 1.25 bits per heavy atom. The summed E-state index contributed by atoms with van der Waals surface area (Å²) in [6.45, 7) is 1.18. The number of benzene rings is 2. The smallest absolute Gasteiger partial charge is 0.399 e. The summed E-state index contributed by atoms with van der Waals surface area (Å²) in [6, 6.07) is 9.30. The second kappa shape index (κ2) is 3.69. The molecule has 0 radical (unpaired) electrons. The van der Waals surface area contributed by atoms with Gasteiger partial charge in [-0.25, -0.2) is 0 Å². The molecule has 0 fully saturated rings. The highest BCUT2D eigenvalue weighted by Gasteiger charge is 2.58. The molecule has 0 bridgehead atoms. The van der Waals surface area contributed by atoms with Crippen LogP contribution in [0.2, 0.25) is 0 Å². The predicted molar refractivity (Wildman–Crippen MR) is 73.2 cm³/mol. The van der Waals surface area contributed by atoms with Gasteiger partial charge in [0.25, 0.3) is 0 Å². The molecule has 1 aliphatic carbocycles. The molecule has 104 valence electrons. The van der Waals surface area contributed by atoms with Crippen LogP contribution in [-0.2, 0) is 5.41 Å². The number of rotatable bonds is 0. The fraction of sp³-hybridized carbons (Fsp3) is 0.200. The third-order valence-corrected chi connectivity index (χ3v) is 4.02. The van der Waals surface area contributed by atoms with Gasteiger partial charge in [-0.15, -0.1) is 0 Å². The molecule has 0 amide bonds. The first-order valence-corrected chi connectivity index (χ1v) is 6.12. The zero-order chi connectivity index (χ0) is 14.7. The second-order valence-corrected chi connectivity index (χ2v) is 5.23. The van der Waals surface area contributed by atoms with Gasteiger partial charge in [0.2, 0.25) is 0 Å². The Morgan fingerprint density at radius 1 is 0.850 bits per heavy atom. The van der Waals surface area contributed by atoms with Crippen molar-refractivity contribution >= 4 is 11.4 Å². The molecule has 1 aliphatic rings. The summed E-state index contributed by atoms with van der Waals surface area (Å²) in [6.07, 6.45) is -4.42. The lowest BCUT2D eigenvalue weighted by atomic mass is 9.79. The Hall–Kier alpha value is -2.17. The van der Waals surface area contributed by atoms with E-state index in [9.17, 15) is 13.2 Å². The van der Waals surface area contributed by atoms with Gasteiger partial charge < -0.3 is 11.5 Å². The lowest BCUT2D eigenvalue weighted by molar-refractivity contribution is -0.172. The third kappa shape index (κ3) is 1.46. The van der Waals surface area contributed by atoms with Crippen LogP contribution in [0.15, 0.2) is 36.4 Å². The Labute approximate surface area is 114 Å². The average Bonchev–Trinajstić information content (AvgIpc) is 2.60. The van der Waals surface area contributed by atoms with E-state index in [4.69, 9.17) is 11.5 Å². The Bertz CT molecular complexity index is 653. The van der Waals surface area contributed by atoms with E-state index < -0.39 is 11.6 Å². The Kier molecular flexibility index (Phi) is 2.37. The largest absolute Gasteiger partial charge is 0.402 e. The van der Waals surface area contributed by atoms with Crippen LogP contribution in [0, 0.1) is 0 Å². The number of alkyl halides is 3. The molecule has 0 aromatic heterocycles. The van der Waals surface area contributed by atoms with Gasteiger partial charge in [-0.2, -0.15) is 13.2 Å². The minimum absolute atomic E-state index is 0.186. The van der Waals surface area contributed by atoms with Crippen LogP contribution >= 0.6 is 0 Å². The summed E-state index contributed by atoms with van der Waals surface area (Å²) in [5.41, 5.74) is 11.4. The first-order valence-electron chi connectivity index (χ1n) is 6.12. The van der Waals surface area contributed by atoms with Crippen molar-refractivity contribution in [1.82, 2.24) is 0 Å². The van der Waals surface area contributed by atoms with Gasteiger partial charge in [0.05, 0.1) is 0 Å². The van der Waals surface area contributed by atoms with Crippen molar-refractivity contribution in [3.05, 3.63) is 47.5 Å². The highest BCUT2D eigenvalue weighted by Crippen LogP contribution is 2.56. The predicted octanol–water partition coefficient (Wildman–Crippen LogP) is 3.70. The van der Waals surface area contributed by atoms with Crippen molar-refractivity contribution in [3.63, 3.8) is 0 Å². The van der Waals surface area contributed by atoms with Crippen LogP contribution in [0.3, 0.4) is 0 Å². The molecule has 0 heterocycles. The summed E-state index contributed by atoms with van der Waals surface area (Å²) in [5, 5.41) is 0. The SMILES string of the molecule is CC1(C(F)(F)F)c2cc(N)ccc2-c2ccc(N)cc21. The van der Waals surface area contributed by atoms with E-state index in [1.807, 2.05) is 0 Å². The molecule has 2 aromatic carbocycles. The number of nitrogens with two attached hydrogens (primary N) is 2. The van der Waals surface area contributed by atoms with E-state index in [1.54, 1.807) is 24.3 Å². The fourth-order valence-corrected chi connectivity index (χ4v) is 2.87. The summed E-state index contributed by atoms with van der Waals surface area (Å²) in [5.74, 6) is 0. The molecule has 0 saturated heterocycles. The molecule has 0 spiro atoms. The van der Waals surface area contributed by atoms with E-state index in [-0.39, 0.29) is 11.1 Å². The lowest BCUT2D eigenvalue weighted by Gasteiger charge is -2.30. The molecule has 0 saturated carbocycles. The number of hydrogen-bond acceptors (Lipinski definition) is 2. The van der Waals surface area contributed by atoms with E-state index in [0.29, 0.717) is 22.5 Å². The quantitative estimate of drug-likeness (QED) is 0.722. The van der Waals surface area contributed by atoms with Gasteiger partial charge in [-0.05, 0) is 53.4 Å². The number of fused-ring (bicyclic) bond motifs is 3. The standard InChI is InChI=1S/C15H13F3N2/c1-14(15(16,17)18)12-6-8(19)2-4-10(12)11-5-3-9(20)7-13(11)14/h2-7H,19-20H2,1H3. The Morgan fingerprint density at radius 3 is 1.60 bits per heavy atom. The maximum atomic E-state index is 13.7. The van der Waals surface area contributed by atoms with Gasteiger partial charge in [0, 0.05) is 11.4 Å². The number of nitrogen functional groups attached to an aromatic ring is 2. The molecule has 2 aromatic rings. The third-order valence-electron chi connectivity index (χ3n) is 4.02. The molecule has 3 rings (SSSR count). The van der Waals surface area contributed by atoms with Crippen LogP contribution < -0.4 is 11.5 Å². The molecule has 0 atom stereocenters. The lowest BCUT2D eigenvalue weighted by Crippen LogP contribution is -2.38. The number of hydrogen-bond donors (Lipinski definition) is 2. The van der Waals surface area contributed by atoms with Crippen molar-refractivity contribution in [3.8, 4) is 11.1 Å². The van der Waals surface area contributed by atoms with E-state index in [0.717, 1.165) is 0 Å². The van der Waals surface area contributed by atoms with Crippen molar-refractivity contribution in [2.24, 2.45) is 0 Å². The van der Waals surface area contributed by atoms with Gasteiger partial charge in [-0.3, -0.25) is 0 Å². The summed E-state index contributed by atoms with van der Waals surface area (Å²) in [4.78, 5) is 0. The highest BCUT2D eigenvalue weighted by atomic mass is 19.4. The summed E-state index contributed by atoms with van der Waals surface area (Å²) < 4.78 is 41.1. The number of anilines is 2. The minimum Gasteiger partial charge on any atom is -0.399 e. The van der Waals surface area contributed by atoms with E-state index in [1.165, 1.54) is 19.1 Å². The zero-order valence-electron chi connectivity index (χ0n) is 10.8. The van der Waals surface area contributed by atoms with E-state index in [2.05, 4.69) is 0 Å². The van der Waals surface area contributed by atoms with Crippen LogP contribution in [0.25, 0.3) is 11.1 Å². The van der Waals surface area contributed by atoms with Crippen LogP contribution in [0.4, 0.5) is 24.5 Å². The maximum Gasteiger partial charge on any atom is 0.402 e. The van der Waals surface area contributed by atoms with Crippen molar-refractivity contribution in [2.75, 3.05) is 11.5 Å². The minimum atomic E-state index is -4.42. The van der Waals surface area contributed by atoms with E-state index >= 15 is 0 Å². The van der Waals surface area contributed by atoms with Gasteiger partial charge in [0.1, 0.15) is 5.41 Å². The van der Waals surface area contributed by atoms with Crippen LogP contribution in [0.1, 0.15) is 18.1 Å². The van der Waals surface area contributed by atoms with Gasteiger partial charge in [0.15, 0.2) is 0 Å². The average molecular weight is 278 g/mol. The topological polar surface area (TPSA) is 52.0 Å². The molecule has 0 aliphatic heterocycles. The van der Waals surface area contributed by atoms with Crippen molar-refractivity contribution in [1.29, 1.82) is 0 Å². The zero-order valence-corrected chi connectivity index (χ0v) is 10.8. The number of halogens is 3. The van der Waals surface area contributed by atoms with Crippen LogP contribution in [-0.4, -0.2) is 6.18 Å². The first-order chi connectivity index (χ1) is 9.25. The Balaban J connectivity index is 2.42. The molecule has 0 unspecified atom stereocenters. The first kappa shape index (κ1) is 12.8. The van der Waals surface area contributed by atoms with Gasteiger partial charge >= 0.3 is 6.18 Å². The molecular weight excluding hydrogens is 265 g/mol.